The van der Waals surface area contributed by atoms with Crippen LogP contribution in [0.4, 0.5) is 4.79 Å². The van der Waals surface area contributed by atoms with E-state index in [2.05, 4.69) is 10.2 Å². The molecule has 0 fully saturated rings. The molecule has 22 heavy (non-hydrogen) atoms. The van der Waals surface area contributed by atoms with Gasteiger partial charge < -0.3 is 14.9 Å². The minimum absolute atomic E-state index is 0.466. The third-order valence-corrected chi connectivity index (χ3v) is 3.05. The molecular weight excluding hydrogens is 286 g/mol. The van der Waals surface area contributed by atoms with E-state index in [1.807, 2.05) is 13.0 Å². The van der Waals surface area contributed by atoms with E-state index in [9.17, 15) is 9.59 Å². The third-order valence-electron chi connectivity index (χ3n) is 3.05. The van der Waals surface area contributed by atoms with Gasteiger partial charge in [-0.3, -0.25) is 0 Å². The SMILES string of the molecule is CC[C@@H](NC(=O)OC(C)(C)C)[C@@H](C(=O)OO)c1ccccc1. The maximum atomic E-state index is 11.9. The van der Waals surface area contributed by atoms with E-state index in [0.29, 0.717) is 12.0 Å². The highest BCUT2D eigenvalue weighted by Gasteiger charge is 2.32. The van der Waals surface area contributed by atoms with E-state index in [-0.39, 0.29) is 0 Å². The predicted octanol–water partition coefficient (Wildman–Crippen LogP) is 3.09. The largest absolute Gasteiger partial charge is 0.444 e. The lowest BCUT2D eigenvalue weighted by molar-refractivity contribution is -0.236. The number of ether oxygens (including phenoxy) is 1. The zero-order valence-electron chi connectivity index (χ0n) is 13.3. The zero-order chi connectivity index (χ0) is 16.8. The monoisotopic (exact) mass is 309 g/mol. The van der Waals surface area contributed by atoms with E-state index in [4.69, 9.17) is 9.99 Å². The van der Waals surface area contributed by atoms with Crippen molar-refractivity contribution >= 4 is 12.1 Å². The van der Waals surface area contributed by atoms with Crippen LogP contribution in [0.3, 0.4) is 0 Å². The van der Waals surface area contributed by atoms with Crippen molar-refractivity contribution in [3.05, 3.63) is 35.9 Å². The van der Waals surface area contributed by atoms with Gasteiger partial charge in [0, 0.05) is 6.04 Å². The summed E-state index contributed by atoms with van der Waals surface area (Å²) in [5.41, 5.74) is 0.00622. The van der Waals surface area contributed by atoms with Crippen molar-refractivity contribution in [1.82, 2.24) is 5.32 Å². The lowest BCUT2D eigenvalue weighted by atomic mass is 9.90. The minimum atomic E-state index is -0.825. The van der Waals surface area contributed by atoms with Crippen LogP contribution in [0.1, 0.15) is 45.6 Å². The molecule has 0 radical (unpaired) electrons. The Labute approximate surface area is 130 Å². The number of alkyl carbamates (subject to hydrolysis) is 1. The number of nitrogens with one attached hydrogen (secondary N) is 1. The first kappa shape index (κ1) is 18.0. The second kappa shape index (κ2) is 7.79. The summed E-state index contributed by atoms with van der Waals surface area (Å²) >= 11 is 0. The summed E-state index contributed by atoms with van der Waals surface area (Å²) in [6.07, 6.45) is -0.153. The molecule has 6 heteroatoms. The first-order valence-corrected chi connectivity index (χ1v) is 7.18. The molecule has 6 nitrogen and oxygen atoms in total. The molecule has 0 aliphatic rings. The smallest absolute Gasteiger partial charge is 0.407 e. The second-order valence-electron chi connectivity index (χ2n) is 5.96. The average molecular weight is 309 g/mol. The molecule has 0 spiro atoms. The number of carbonyl (C=O) groups excluding carboxylic acids is 2. The van der Waals surface area contributed by atoms with Crippen molar-refractivity contribution in [3.8, 4) is 0 Å². The van der Waals surface area contributed by atoms with Crippen molar-refractivity contribution in [3.63, 3.8) is 0 Å². The Kier molecular flexibility index (Phi) is 6.37. The lowest BCUT2D eigenvalue weighted by Crippen LogP contribution is -2.44. The van der Waals surface area contributed by atoms with Crippen LogP contribution in [0.15, 0.2) is 30.3 Å². The Morgan fingerprint density at radius 1 is 1.23 bits per heavy atom. The van der Waals surface area contributed by atoms with Crippen molar-refractivity contribution in [2.75, 3.05) is 0 Å². The van der Waals surface area contributed by atoms with E-state index in [1.54, 1.807) is 45.0 Å². The molecule has 0 saturated carbocycles. The van der Waals surface area contributed by atoms with Gasteiger partial charge in [-0.15, -0.1) is 0 Å². The van der Waals surface area contributed by atoms with Crippen LogP contribution in [0, 0.1) is 0 Å². The van der Waals surface area contributed by atoms with Crippen LogP contribution in [0.2, 0.25) is 0 Å². The first-order chi connectivity index (χ1) is 10.3. The Bertz CT molecular complexity index is 495. The number of hydrogen-bond donors (Lipinski definition) is 2. The molecule has 1 rings (SSSR count). The van der Waals surface area contributed by atoms with Crippen molar-refractivity contribution in [1.29, 1.82) is 0 Å². The molecule has 0 aliphatic carbocycles. The van der Waals surface area contributed by atoms with E-state index < -0.39 is 29.6 Å². The molecule has 1 aromatic rings. The molecule has 0 aromatic heterocycles. The van der Waals surface area contributed by atoms with Gasteiger partial charge >= 0.3 is 12.1 Å². The summed E-state index contributed by atoms with van der Waals surface area (Å²) in [6.45, 7) is 7.08. The summed E-state index contributed by atoms with van der Waals surface area (Å²) in [7, 11) is 0. The fourth-order valence-corrected chi connectivity index (χ4v) is 2.13. The summed E-state index contributed by atoms with van der Waals surface area (Å²) in [4.78, 5) is 27.7. The highest BCUT2D eigenvalue weighted by atomic mass is 17.1. The van der Waals surface area contributed by atoms with E-state index >= 15 is 0 Å². The Morgan fingerprint density at radius 3 is 2.27 bits per heavy atom. The van der Waals surface area contributed by atoms with Crippen LogP contribution in [-0.2, 0) is 14.4 Å². The summed E-state index contributed by atoms with van der Waals surface area (Å²) in [6, 6.07) is 8.27. The maximum absolute atomic E-state index is 11.9. The molecule has 0 unspecified atom stereocenters. The minimum Gasteiger partial charge on any atom is -0.444 e. The molecule has 0 heterocycles. The number of amides is 1. The van der Waals surface area contributed by atoms with Gasteiger partial charge in [0.05, 0.1) is 0 Å². The molecule has 0 bridgehead atoms. The normalized spacial score (nSPS) is 13.9. The van der Waals surface area contributed by atoms with Gasteiger partial charge in [-0.05, 0) is 32.8 Å². The predicted molar refractivity (Wildman–Crippen MR) is 81.4 cm³/mol. The average Bonchev–Trinajstić information content (AvgIpc) is 2.45. The van der Waals surface area contributed by atoms with Gasteiger partial charge in [-0.1, -0.05) is 37.3 Å². The summed E-state index contributed by atoms with van der Waals surface area (Å²) < 4.78 is 5.20. The van der Waals surface area contributed by atoms with Gasteiger partial charge in [0.1, 0.15) is 11.5 Å². The number of carbonyl (C=O) groups is 2. The maximum Gasteiger partial charge on any atom is 0.407 e. The van der Waals surface area contributed by atoms with Crippen LogP contribution in [-0.4, -0.2) is 29.0 Å². The Hall–Kier alpha value is -2.08. The standard InChI is InChI=1S/C16H23NO5/c1-5-12(17-15(19)21-16(2,3)4)13(14(18)22-20)11-9-7-6-8-10-11/h6-10,12-13,20H,5H2,1-4H3,(H,17,19)/t12-,13+/m1/s1. The first-order valence-electron chi connectivity index (χ1n) is 7.18. The van der Waals surface area contributed by atoms with Gasteiger partial charge in [-0.25, -0.2) is 9.59 Å². The highest BCUT2D eigenvalue weighted by Crippen LogP contribution is 2.23. The van der Waals surface area contributed by atoms with Crippen LogP contribution < -0.4 is 5.32 Å². The molecule has 122 valence electrons. The van der Waals surface area contributed by atoms with E-state index in [0.717, 1.165) is 0 Å². The second-order valence-corrected chi connectivity index (χ2v) is 5.96. The molecule has 2 atom stereocenters. The van der Waals surface area contributed by atoms with Crippen LogP contribution >= 0.6 is 0 Å². The van der Waals surface area contributed by atoms with Crippen LogP contribution in [0.25, 0.3) is 0 Å². The van der Waals surface area contributed by atoms with Crippen LogP contribution in [0.5, 0.6) is 0 Å². The molecule has 1 amide bonds. The highest BCUT2D eigenvalue weighted by molar-refractivity contribution is 5.80. The molecule has 0 aliphatic heterocycles. The molecular formula is C16H23NO5. The number of rotatable bonds is 5. The van der Waals surface area contributed by atoms with Gasteiger partial charge in [0.15, 0.2) is 0 Å². The van der Waals surface area contributed by atoms with Gasteiger partial charge in [0.25, 0.3) is 0 Å². The Balaban J connectivity index is 2.95. The molecule has 1 aromatic carbocycles. The number of benzene rings is 1. The fourth-order valence-electron chi connectivity index (χ4n) is 2.13. The Morgan fingerprint density at radius 2 is 1.82 bits per heavy atom. The quantitative estimate of drug-likeness (QED) is 0.645. The molecule has 0 saturated heterocycles. The lowest BCUT2D eigenvalue weighted by Gasteiger charge is -2.27. The van der Waals surface area contributed by atoms with Gasteiger partial charge in [-0.2, -0.15) is 5.26 Å². The van der Waals surface area contributed by atoms with E-state index in [1.165, 1.54) is 0 Å². The topological polar surface area (TPSA) is 84.9 Å². The van der Waals surface area contributed by atoms with Gasteiger partial charge in [0.2, 0.25) is 0 Å². The zero-order valence-corrected chi connectivity index (χ0v) is 13.3. The number of hydrogen-bond acceptors (Lipinski definition) is 5. The van der Waals surface area contributed by atoms with Crippen molar-refractivity contribution in [2.24, 2.45) is 0 Å². The summed E-state index contributed by atoms with van der Waals surface area (Å²) in [5, 5.41) is 11.4. The third kappa shape index (κ3) is 5.37. The fraction of sp³-hybridized carbons (Fsp3) is 0.500. The van der Waals surface area contributed by atoms with Crippen molar-refractivity contribution in [2.45, 2.75) is 51.7 Å². The molecule has 2 N–H and O–H groups in total. The van der Waals surface area contributed by atoms with Crippen molar-refractivity contribution < 1.29 is 24.5 Å². The summed E-state index contributed by atoms with van der Waals surface area (Å²) in [5.74, 6) is -1.64.